The van der Waals surface area contributed by atoms with Gasteiger partial charge in [-0.2, -0.15) is 0 Å². The summed E-state index contributed by atoms with van der Waals surface area (Å²) < 4.78 is 5.71. The van der Waals surface area contributed by atoms with Crippen LogP contribution >= 0.6 is 0 Å². The molecular weight excluding hydrogens is 376 g/mol. The van der Waals surface area contributed by atoms with Gasteiger partial charge >= 0.3 is 0 Å². The third-order valence-corrected chi connectivity index (χ3v) is 5.17. The Kier molecular flexibility index (Phi) is 9.92. The highest BCUT2D eigenvalue weighted by Gasteiger charge is 2.25. The Hall–Kier alpha value is -2.82. The van der Waals surface area contributed by atoms with Crippen molar-refractivity contribution in [2.75, 3.05) is 19.7 Å². The molecule has 0 fully saturated rings. The minimum Gasteiger partial charge on any atom is -0.484 e. The first kappa shape index (κ1) is 23.5. The molecule has 0 bridgehead atoms. The zero-order chi connectivity index (χ0) is 21.8. The van der Waals surface area contributed by atoms with Gasteiger partial charge in [-0.1, -0.05) is 62.7 Å². The quantitative estimate of drug-likeness (QED) is 0.538. The molecule has 0 saturated carbocycles. The second-order valence-corrected chi connectivity index (χ2v) is 7.43. The summed E-state index contributed by atoms with van der Waals surface area (Å²) in [5.74, 6) is 0.337. The van der Waals surface area contributed by atoms with E-state index in [0.29, 0.717) is 25.3 Å². The number of ether oxygens (including phenoxy) is 1. The van der Waals surface area contributed by atoms with E-state index in [2.05, 4.69) is 19.2 Å². The average Bonchev–Trinajstić information content (AvgIpc) is 2.78. The second kappa shape index (κ2) is 12.7. The summed E-state index contributed by atoms with van der Waals surface area (Å²) in [6, 6.07) is 17.2. The second-order valence-electron chi connectivity index (χ2n) is 7.43. The van der Waals surface area contributed by atoms with Crippen molar-refractivity contribution in [1.82, 2.24) is 10.2 Å². The van der Waals surface area contributed by atoms with Gasteiger partial charge in [-0.05, 0) is 49.4 Å². The minimum absolute atomic E-state index is 0.0904. The van der Waals surface area contributed by atoms with E-state index in [9.17, 15) is 9.59 Å². The topological polar surface area (TPSA) is 58.6 Å². The standard InChI is InChI=1S/C25H34N2O3/c1-4-6-17-26-25(29)20(3)27(18-16-22-10-8-7-9-11-22)24(28)19-30-23-14-12-21(5-2)13-15-23/h7-15,20H,4-6,16-19H2,1-3H3,(H,26,29)/t20-/m0/s1. The van der Waals surface area contributed by atoms with Crippen LogP contribution in [0.3, 0.4) is 0 Å². The van der Waals surface area contributed by atoms with Crippen LogP contribution in [0.4, 0.5) is 0 Å². The zero-order valence-electron chi connectivity index (χ0n) is 18.4. The lowest BCUT2D eigenvalue weighted by atomic mass is 10.1. The third kappa shape index (κ3) is 7.54. The smallest absolute Gasteiger partial charge is 0.261 e. The van der Waals surface area contributed by atoms with E-state index in [1.807, 2.05) is 54.6 Å². The summed E-state index contributed by atoms with van der Waals surface area (Å²) in [4.78, 5) is 27.2. The number of hydrogen-bond donors (Lipinski definition) is 1. The van der Waals surface area contributed by atoms with Gasteiger partial charge in [0.25, 0.3) is 5.91 Å². The van der Waals surface area contributed by atoms with Crippen LogP contribution in [0.1, 0.15) is 44.7 Å². The normalized spacial score (nSPS) is 11.6. The van der Waals surface area contributed by atoms with Gasteiger partial charge in [0.05, 0.1) is 0 Å². The highest BCUT2D eigenvalue weighted by molar-refractivity contribution is 5.87. The highest BCUT2D eigenvalue weighted by atomic mass is 16.5. The number of aryl methyl sites for hydroxylation is 1. The van der Waals surface area contributed by atoms with E-state index in [-0.39, 0.29) is 18.4 Å². The van der Waals surface area contributed by atoms with Gasteiger partial charge < -0.3 is 15.0 Å². The molecule has 162 valence electrons. The number of unbranched alkanes of at least 4 members (excludes halogenated alkanes) is 1. The third-order valence-electron chi connectivity index (χ3n) is 5.17. The van der Waals surface area contributed by atoms with Crippen molar-refractivity contribution in [3.63, 3.8) is 0 Å². The van der Waals surface area contributed by atoms with E-state index in [1.165, 1.54) is 5.56 Å². The number of benzene rings is 2. The van der Waals surface area contributed by atoms with Crippen LogP contribution in [-0.4, -0.2) is 42.5 Å². The van der Waals surface area contributed by atoms with Gasteiger partial charge in [-0.15, -0.1) is 0 Å². The minimum atomic E-state index is -0.552. The predicted octanol–water partition coefficient (Wildman–Crippen LogP) is 4.00. The molecule has 0 aliphatic rings. The maximum Gasteiger partial charge on any atom is 0.261 e. The first-order chi connectivity index (χ1) is 14.5. The molecule has 1 atom stereocenters. The van der Waals surface area contributed by atoms with E-state index < -0.39 is 6.04 Å². The molecule has 5 heteroatoms. The van der Waals surface area contributed by atoms with E-state index >= 15 is 0 Å². The number of rotatable bonds is 12. The lowest BCUT2D eigenvalue weighted by molar-refractivity contribution is -0.141. The Morgan fingerprint density at radius 1 is 1.00 bits per heavy atom. The Balaban J connectivity index is 2.01. The fourth-order valence-electron chi connectivity index (χ4n) is 3.16. The molecule has 2 aromatic carbocycles. The van der Waals surface area contributed by atoms with Gasteiger partial charge in [0.15, 0.2) is 6.61 Å². The monoisotopic (exact) mass is 410 g/mol. The number of carbonyl (C=O) groups is 2. The van der Waals surface area contributed by atoms with Crippen molar-refractivity contribution < 1.29 is 14.3 Å². The molecule has 30 heavy (non-hydrogen) atoms. The number of amides is 2. The van der Waals surface area contributed by atoms with Gasteiger partial charge in [-0.3, -0.25) is 9.59 Å². The van der Waals surface area contributed by atoms with Crippen LogP contribution in [0.5, 0.6) is 5.75 Å². The molecule has 0 aliphatic carbocycles. The number of hydrogen-bond acceptors (Lipinski definition) is 3. The molecule has 5 nitrogen and oxygen atoms in total. The SMILES string of the molecule is CCCCNC(=O)[C@H](C)N(CCc1ccccc1)C(=O)COc1ccc(CC)cc1. The molecule has 0 aromatic heterocycles. The van der Waals surface area contributed by atoms with Crippen LogP contribution in [0.15, 0.2) is 54.6 Å². The summed E-state index contributed by atoms with van der Waals surface area (Å²) in [5.41, 5.74) is 2.35. The zero-order valence-corrected chi connectivity index (χ0v) is 18.4. The maximum atomic E-state index is 13.0. The first-order valence-corrected chi connectivity index (χ1v) is 10.9. The Morgan fingerprint density at radius 3 is 2.33 bits per heavy atom. The van der Waals surface area contributed by atoms with Crippen molar-refractivity contribution in [3.8, 4) is 5.75 Å². The molecule has 0 heterocycles. The Bertz CT molecular complexity index is 775. The van der Waals surface area contributed by atoms with Crippen molar-refractivity contribution in [3.05, 3.63) is 65.7 Å². The molecule has 0 saturated heterocycles. The molecule has 2 aromatic rings. The molecule has 0 radical (unpaired) electrons. The summed E-state index contributed by atoms with van der Waals surface area (Å²) in [7, 11) is 0. The van der Waals surface area contributed by atoms with Crippen LogP contribution < -0.4 is 10.1 Å². The summed E-state index contributed by atoms with van der Waals surface area (Å²) in [5, 5.41) is 2.93. The summed E-state index contributed by atoms with van der Waals surface area (Å²) in [6.45, 7) is 6.95. The van der Waals surface area contributed by atoms with Crippen LogP contribution in [0.25, 0.3) is 0 Å². The average molecular weight is 411 g/mol. The largest absolute Gasteiger partial charge is 0.484 e. The van der Waals surface area contributed by atoms with Crippen molar-refractivity contribution in [2.24, 2.45) is 0 Å². The van der Waals surface area contributed by atoms with Crippen molar-refractivity contribution in [2.45, 2.75) is 52.5 Å². The number of nitrogens with one attached hydrogen (secondary N) is 1. The fraction of sp³-hybridized carbons (Fsp3) is 0.440. The molecule has 2 rings (SSSR count). The van der Waals surface area contributed by atoms with Crippen LogP contribution in [0.2, 0.25) is 0 Å². The molecule has 2 amide bonds. The van der Waals surface area contributed by atoms with Crippen LogP contribution in [-0.2, 0) is 22.4 Å². The Morgan fingerprint density at radius 2 is 1.70 bits per heavy atom. The summed E-state index contributed by atoms with van der Waals surface area (Å²) in [6.07, 6.45) is 3.57. The van der Waals surface area contributed by atoms with E-state index in [4.69, 9.17) is 4.74 Å². The van der Waals surface area contributed by atoms with Crippen LogP contribution in [0, 0.1) is 0 Å². The molecule has 0 unspecified atom stereocenters. The van der Waals surface area contributed by atoms with Gasteiger partial charge in [0.1, 0.15) is 11.8 Å². The van der Waals surface area contributed by atoms with Gasteiger partial charge in [0, 0.05) is 13.1 Å². The van der Waals surface area contributed by atoms with Crippen molar-refractivity contribution in [1.29, 1.82) is 0 Å². The lowest BCUT2D eigenvalue weighted by Gasteiger charge is -2.28. The highest BCUT2D eigenvalue weighted by Crippen LogP contribution is 2.13. The molecule has 1 N–H and O–H groups in total. The first-order valence-electron chi connectivity index (χ1n) is 10.9. The number of nitrogens with zero attached hydrogens (tertiary/aromatic N) is 1. The summed E-state index contributed by atoms with van der Waals surface area (Å²) >= 11 is 0. The van der Waals surface area contributed by atoms with Gasteiger partial charge in [-0.25, -0.2) is 0 Å². The van der Waals surface area contributed by atoms with E-state index in [1.54, 1.807) is 11.8 Å². The Labute approximate surface area is 180 Å². The number of carbonyl (C=O) groups excluding carboxylic acids is 2. The molecule has 0 spiro atoms. The van der Waals surface area contributed by atoms with Gasteiger partial charge in [0.2, 0.25) is 5.91 Å². The predicted molar refractivity (Wildman–Crippen MR) is 121 cm³/mol. The fourth-order valence-corrected chi connectivity index (χ4v) is 3.16. The molecular formula is C25H34N2O3. The van der Waals surface area contributed by atoms with Crippen molar-refractivity contribution >= 4 is 11.8 Å². The molecule has 0 aliphatic heterocycles. The lowest BCUT2D eigenvalue weighted by Crippen LogP contribution is -2.50. The maximum absolute atomic E-state index is 13.0. The van der Waals surface area contributed by atoms with E-state index in [0.717, 1.165) is 24.8 Å².